The first-order valence-electron chi connectivity index (χ1n) is 7.63. The van der Waals surface area contributed by atoms with E-state index in [4.69, 9.17) is 4.74 Å². The van der Waals surface area contributed by atoms with Gasteiger partial charge in [-0.3, -0.25) is 14.4 Å². The Morgan fingerprint density at radius 1 is 1.08 bits per heavy atom. The van der Waals surface area contributed by atoms with Crippen molar-refractivity contribution in [2.45, 2.75) is 25.8 Å². The fraction of sp³-hybridized carbons (Fsp3) is 0.278. The minimum absolute atomic E-state index is 0.0295. The number of esters is 1. The predicted octanol–water partition coefficient (Wildman–Crippen LogP) is 3.13. The molecule has 6 heteroatoms. The molecule has 0 aliphatic heterocycles. The molecule has 0 radical (unpaired) electrons. The van der Waals surface area contributed by atoms with Crippen LogP contribution in [0, 0.1) is 0 Å². The number of carbonyl (C=O) groups excluding carboxylic acids is 3. The molecule has 2 rings (SSSR count). The predicted molar refractivity (Wildman–Crippen MR) is 91.8 cm³/mol. The van der Waals surface area contributed by atoms with Gasteiger partial charge in [0.05, 0.1) is 17.3 Å². The molecule has 1 amide bonds. The Morgan fingerprint density at radius 3 is 2.50 bits per heavy atom. The zero-order valence-corrected chi connectivity index (χ0v) is 14.2. The highest BCUT2D eigenvalue weighted by Crippen LogP contribution is 2.13. The molecule has 2 aromatic rings. The molecule has 0 aliphatic rings. The summed E-state index contributed by atoms with van der Waals surface area (Å²) in [7, 11) is 0. The second-order valence-electron chi connectivity index (χ2n) is 5.26. The van der Waals surface area contributed by atoms with Gasteiger partial charge in [0, 0.05) is 6.42 Å². The number of rotatable bonds is 8. The zero-order valence-electron chi connectivity index (χ0n) is 13.4. The quantitative estimate of drug-likeness (QED) is 0.589. The number of Topliss-reactive ketones (excluding diaryl/α,β-unsaturated/α-hetero) is 1. The van der Waals surface area contributed by atoms with Crippen LogP contribution in [0.3, 0.4) is 0 Å². The summed E-state index contributed by atoms with van der Waals surface area (Å²) in [6.07, 6.45) is 0.0552. The van der Waals surface area contributed by atoms with Gasteiger partial charge < -0.3 is 10.1 Å². The van der Waals surface area contributed by atoms with E-state index in [1.807, 2.05) is 42.6 Å². The highest BCUT2D eigenvalue weighted by atomic mass is 32.1. The monoisotopic (exact) mass is 345 g/mol. The van der Waals surface area contributed by atoms with Crippen molar-refractivity contribution in [3.8, 4) is 0 Å². The van der Waals surface area contributed by atoms with E-state index in [-0.39, 0.29) is 37.2 Å². The molecule has 1 heterocycles. The van der Waals surface area contributed by atoms with Crippen molar-refractivity contribution in [3.05, 3.63) is 58.3 Å². The van der Waals surface area contributed by atoms with Gasteiger partial charge >= 0.3 is 5.97 Å². The fourth-order valence-electron chi connectivity index (χ4n) is 2.10. The molecule has 0 bridgehead atoms. The van der Waals surface area contributed by atoms with Gasteiger partial charge in [-0.15, -0.1) is 11.3 Å². The van der Waals surface area contributed by atoms with Crippen LogP contribution in [-0.2, 0) is 14.3 Å². The lowest BCUT2D eigenvalue weighted by Crippen LogP contribution is -2.31. The maximum atomic E-state index is 11.8. The standard InChI is InChI=1S/C18H19NO4S/c1-13(14-6-3-2-4-7-14)19-17(21)12-23-18(22)10-9-15(20)16-8-5-11-24-16/h2-8,11,13H,9-10,12H2,1H3,(H,19,21)/t13-/m0/s1. The van der Waals surface area contributed by atoms with Gasteiger partial charge in [0.15, 0.2) is 12.4 Å². The first kappa shape index (κ1) is 17.9. The average molecular weight is 345 g/mol. The van der Waals surface area contributed by atoms with Crippen LogP contribution < -0.4 is 5.32 Å². The molecular formula is C18H19NO4S. The fourth-order valence-corrected chi connectivity index (χ4v) is 2.80. The summed E-state index contributed by atoms with van der Waals surface area (Å²) < 4.78 is 4.91. The van der Waals surface area contributed by atoms with Crippen LogP contribution in [0.25, 0.3) is 0 Å². The van der Waals surface area contributed by atoms with Crippen LogP contribution in [0.15, 0.2) is 47.8 Å². The first-order valence-corrected chi connectivity index (χ1v) is 8.51. The van der Waals surface area contributed by atoms with Gasteiger partial charge in [0.25, 0.3) is 5.91 Å². The Labute approximate surface area is 144 Å². The van der Waals surface area contributed by atoms with Gasteiger partial charge in [-0.2, -0.15) is 0 Å². The molecule has 0 aliphatic carbocycles. The van der Waals surface area contributed by atoms with E-state index in [1.165, 1.54) is 11.3 Å². The van der Waals surface area contributed by atoms with Crippen molar-refractivity contribution in [2.75, 3.05) is 6.61 Å². The maximum Gasteiger partial charge on any atom is 0.306 e. The minimum Gasteiger partial charge on any atom is -0.456 e. The van der Waals surface area contributed by atoms with Crippen LogP contribution in [0.2, 0.25) is 0 Å². The smallest absolute Gasteiger partial charge is 0.306 e. The minimum atomic E-state index is -0.553. The SMILES string of the molecule is C[C@H](NC(=O)COC(=O)CCC(=O)c1cccs1)c1ccccc1. The number of ketones is 1. The van der Waals surface area contributed by atoms with Crippen molar-refractivity contribution < 1.29 is 19.1 Å². The summed E-state index contributed by atoms with van der Waals surface area (Å²) in [6.45, 7) is 1.51. The molecule has 1 aromatic carbocycles. The number of thiophene rings is 1. The van der Waals surface area contributed by atoms with Crippen molar-refractivity contribution in [2.24, 2.45) is 0 Å². The maximum absolute atomic E-state index is 11.8. The number of carbonyl (C=O) groups is 3. The van der Waals surface area contributed by atoms with Gasteiger partial charge in [-0.1, -0.05) is 36.4 Å². The number of amides is 1. The van der Waals surface area contributed by atoms with E-state index in [1.54, 1.807) is 12.1 Å². The van der Waals surface area contributed by atoms with Crippen LogP contribution in [0.4, 0.5) is 0 Å². The summed E-state index contributed by atoms with van der Waals surface area (Å²) in [5, 5.41) is 4.57. The molecule has 0 saturated carbocycles. The van der Waals surface area contributed by atoms with E-state index in [0.717, 1.165) is 5.56 Å². The second kappa shape index (κ2) is 8.98. The molecule has 1 aromatic heterocycles. The summed E-state index contributed by atoms with van der Waals surface area (Å²) in [5.74, 6) is -1.02. The van der Waals surface area contributed by atoms with E-state index >= 15 is 0 Å². The lowest BCUT2D eigenvalue weighted by Gasteiger charge is -2.14. The number of ether oxygens (including phenoxy) is 1. The molecule has 0 spiro atoms. The largest absolute Gasteiger partial charge is 0.456 e. The zero-order chi connectivity index (χ0) is 17.4. The van der Waals surface area contributed by atoms with E-state index in [2.05, 4.69) is 5.32 Å². The molecular weight excluding hydrogens is 326 g/mol. The van der Waals surface area contributed by atoms with E-state index in [9.17, 15) is 14.4 Å². The van der Waals surface area contributed by atoms with Crippen molar-refractivity contribution in [3.63, 3.8) is 0 Å². The molecule has 1 N–H and O–H groups in total. The third-order valence-electron chi connectivity index (χ3n) is 3.39. The Balaban J connectivity index is 1.67. The number of hydrogen-bond donors (Lipinski definition) is 1. The normalized spacial score (nSPS) is 11.5. The van der Waals surface area contributed by atoms with Crippen molar-refractivity contribution in [1.29, 1.82) is 0 Å². The molecule has 5 nitrogen and oxygen atoms in total. The second-order valence-corrected chi connectivity index (χ2v) is 6.21. The van der Waals surface area contributed by atoms with Crippen LogP contribution in [0.5, 0.6) is 0 Å². The number of nitrogens with one attached hydrogen (secondary N) is 1. The van der Waals surface area contributed by atoms with Crippen molar-refractivity contribution in [1.82, 2.24) is 5.32 Å². The Bertz CT molecular complexity index is 682. The highest BCUT2D eigenvalue weighted by Gasteiger charge is 2.14. The summed E-state index contributed by atoms with van der Waals surface area (Å²) in [6, 6.07) is 12.8. The van der Waals surface area contributed by atoms with Gasteiger partial charge in [0.2, 0.25) is 0 Å². The third kappa shape index (κ3) is 5.62. The topological polar surface area (TPSA) is 72.5 Å². The Kier molecular flexibility index (Phi) is 6.69. The summed E-state index contributed by atoms with van der Waals surface area (Å²) in [5.41, 5.74) is 0.971. The third-order valence-corrected chi connectivity index (χ3v) is 4.30. The molecule has 0 unspecified atom stereocenters. The van der Waals surface area contributed by atoms with E-state index in [0.29, 0.717) is 4.88 Å². The lowest BCUT2D eigenvalue weighted by atomic mass is 10.1. The molecule has 126 valence electrons. The Morgan fingerprint density at radius 2 is 1.83 bits per heavy atom. The Hall–Kier alpha value is -2.47. The van der Waals surface area contributed by atoms with Crippen LogP contribution in [-0.4, -0.2) is 24.3 Å². The molecule has 0 fully saturated rings. The van der Waals surface area contributed by atoms with Crippen LogP contribution in [0.1, 0.15) is 41.0 Å². The highest BCUT2D eigenvalue weighted by molar-refractivity contribution is 7.12. The molecule has 1 atom stereocenters. The van der Waals surface area contributed by atoms with Gasteiger partial charge in [-0.05, 0) is 23.9 Å². The average Bonchev–Trinajstić information content (AvgIpc) is 3.13. The number of benzene rings is 1. The molecule has 0 saturated heterocycles. The summed E-state index contributed by atoms with van der Waals surface area (Å²) in [4.78, 5) is 35.8. The summed E-state index contributed by atoms with van der Waals surface area (Å²) >= 11 is 1.34. The lowest BCUT2D eigenvalue weighted by molar-refractivity contribution is -0.148. The molecule has 24 heavy (non-hydrogen) atoms. The van der Waals surface area contributed by atoms with Crippen LogP contribution >= 0.6 is 11.3 Å². The van der Waals surface area contributed by atoms with Gasteiger partial charge in [-0.25, -0.2) is 0 Å². The van der Waals surface area contributed by atoms with Crippen molar-refractivity contribution >= 4 is 29.0 Å². The number of hydrogen-bond acceptors (Lipinski definition) is 5. The van der Waals surface area contributed by atoms with E-state index < -0.39 is 5.97 Å². The van der Waals surface area contributed by atoms with Gasteiger partial charge in [0.1, 0.15) is 0 Å². The first-order chi connectivity index (χ1) is 11.6.